The molecule has 0 radical (unpaired) electrons. The van der Waals surface area contributed by atoms with Gasteiger partial charge in [0.25, 0.3) is 5.91 Å². The van der Waals surface area contributed by atoms with Gasteiger partial charge in [-0.2, -0.15) is 0 Å². The second kappa shape index (κ2) is 6.51. The Morgan fingerprint density at radius 2 is 2.24 bits per heavy atom. The summed E-state index contributed by atoms with van der Waals surface area (Å²) in [5.41, 5.74) is 6.00. The minimum atomic E-state index is -0.112. The molecule has 0 aromatic heterocycles. The van der Waals surface area contributed by atoms with Crippen LogP contribution in [-0.2, 0) is 0 Å². The first-order chi connectivity index (χ1) is 7.95. The molecule has 0 spiro atoms. The van der Waals surface area contributed by atoms with Crippen LogP contribution in [0.5, 0.6) is 0 Å². The first-order valence-corrected chi connectivity index (χ1v) is 6.84. The maximum atomic E-state index is 12.1. The van der Waals surface area contributed by atoms with Crippen molar-refractivity contribution in [3.8, 4) is 0 Å². The van der Waals surface area contributed by atoms with Crippen molar-refractivity contribution in [3.63, 3.8) is 0 Å². The molecule has 1 aromatic rings. The summed E-state index contributed by atoms with van der Waals surface area (Å²) in [6, 6.07) is 5.22. The van der Waals surface area contributed by atoms with Crippen molar-refractivity contribution in [1.82, 2.24) is 4.90 Å². The van der Waals surface area contributed by atoms with E-state index in [0.717, 1.165) is 3.57 Å². The predicted octanol–water partition coefficient (Wildman–Crippen LogP) is 2.69. The first-order valence-electron chi connectivity index (χ1n) is 4.98. The van der Waals surface area contributed by atoms with Crippen LogP contribution in [0.2, 0.25) is 5.02 Å². The van der Waals surface area contributed by atoms with E-state index in [1.165, 1.54) is 0 Å². The Morgan fingerprint density at radius 1 is 1.59 bits per heavy atom. The van der Waals surface area contributed by atoms with Gasteiger partial charge in [-0.25, -0.2) is 0 Å². The number of halogens is 2. The summed E-state index contributed by atoms with van der Waals surface area (Å²) in [7, 11) is 0. The maximum Gasteiger partial charge on any atom is 0.254 e. The van der Waals surface area contributed by atoms with E-state index in [9.17, 15) is 4.79 Å². The molecule has 0 aliphatic heterocycles. The smallest absolute Gasteiger partial charge is 0.254 e. The number of thiocarbonyl (C=S) groups is 1. The molecular weight excluding hydrogens is 371 g/mol. The zero-order chi connectivity index (χ0) is 13.0. The standard InChI is InChI=1S/C11H12ClIN2OS/c1-2-15(6-10(14)17)11(16)7-3-4-9(13)8(12)5-7/h3-5H,2,6H2,1H3,(H2,14,17). The number of nitrogens with two attached hydrogens (primary N) is 1. The van der Waals surface area contributed by atoms with Gasteiger partial charge in [0.15, 0.2) is 0 Å². The molecule has 1 amide bonds. The Morgan fingerprint density at radius 3 is 2.71 bits per heavy atom. The van der Waals surface area contributed by atoms with Gasteiger partial charge < -0.3 is 10.6 Å². The summed E-state index contributed by atoms with van der Waals surface area (Å²) >= 11 is 12.9. The van der Waals surface area contributed by atoms with Gasteiger partial charge in [-0.3, -0.25) is 4.79 Å². The lowest BCUT2D eigenvalue weighted by Gasteiger charge is -2.20. The fourth-order valence-corrected chi connectivity index (χ4v) is 2.00. The quantitative estimate of drug-likeness (QED) is 0.643. The van der Waals surface area contributed by atoms with Crippen molar-refractivity contribution < 1.29 is 4.79 Å². The third kappa shape index (κ3) is 4.08. The van der Waals surface area contributed by atoms with E-state index in [1.807, 2.05) is 13.0 Å². The fourth-order valence-electron chi connectivity index (χ4n) is 1.33. The molecule has 3 nitrogen and oxygen atoms in total. The second-order valence-corrected chi connectivity index (χ2v) is 5.51. The highest BCUT2D eigenvalue weighted by Gasteiger charge is 2.15. The summed E-state index contributed by atoms with van der Waals surface area (Å²) < 4.78 is 0.915. The largest absolute Gasteiger partial charge is 0.392 e. The van der Waals surface area contributed by atoms with Gasteiger partial charge in [0.05, 0.1) is 16.6 Å². The van der Waals surface area contributed by atoms with E-state index < -0.39 is 0 Å². The molecule has 2 N–H and O–H groups in total. The number of amides is 1. The Kier molecular flexibility index (Phi) is 5.61. The monoisotopic (exact) mass is 382 g/mol. The molecule has 0 bridgehead atoms. The van der Waals surface area contributed by atoms with E-state index >= 15 is 0 Å². The van der Waals surface area contributed by atoms with Crippen LogP contribution < -0.4 is 5.73 Å². The van der Waals surface area contributed by atoms with Crippen molar-refractivity contribution in [3.05, 3.63) is 32.4 Å². The summed E-state index contributed by atoms with van der Waals surface area (Å²) in [6.45, 7) is 2.72. The number of benzene rings is 1. The molecule has 0 atom stereocenters. The van der Waals surface area contributed by atoms with Crippen LogP contribution >= 0.6 is 46.4 Å². The van der Waals surface area contributed by atoms with Crippen LogP contribution in [0.15, 0.2) is 18.2 Å². The molecule has 0 unspecified atom stereocenters. The minimum absolute atomic E-state index is 0.112. The summed E-state index contributed by atoms with van der Waals surface area (Å²) in [5, 5.41) is 0.572. The van der Waals surface area contributed by atoms with E-state index in [-0.39, 0.29) is 12.5 Å². The van der Waals surface area contributed by atoms with Gasteiger partial charge in [0.1, 0.15) is 0 Å². The van der Waals surface area contributed by atoms with Gasteiger partial charge in [-0.1, -0.05) is 23.8 Å². The highest BCUT2D eigenvalue weighted by molar-refractivity contribution is 14.1. The summed E-state index contributed by atoms with van der Waals surface area (Å²) in [6.07, 6.45) is 0. The van der Waals surface area contributed by atoms with Crippen LogP contribution in [0.3, 0.4) is 0 Å². The van der Waals surface area contributed by atoms with Crippen molar-refractivity contribution in [2.75, 3.05) is 13.1 Å². The molecule has 0 aliphatic carbocycles. The van der Waals surface area contributed by atoms with Crippen molar-refractivity contribution >= 4 is 57.3 Å². The summed E-state index contributed by atoms with van der Waals surface area (Å²) in [5.74, 6) is -0.112. The van der Waals surface area contributed by atoms with Gasteiger partial charge in [-0.05, 0) is 47.7 Å². The SMILES string of the molecule is CCN(CC(N)=S)C(=O)c1ccc(I)c(Cl)c1. The number of rotatable bonds is 4. The number of hydrogen-bond acceptors (Lipinski definition) is 2. The number of carbonyl (C=O) groups excluding carboxylic acids is 1. The van der Waals surface area contributed by atoms with Crippen LogP contribution in [-0.4, -0.2) is 28.9 Å². The minimum Gasteiger partial charge on any atom is -0.392 e. The average molecular weight is 383 g/mol. The number of carbonyl (C=O) groups is 1. The topological polar surface area (TPSA) is 46.3 Å². The van der Waals surface area contributed by atoms with Gasteiger partial charge in [0, 0.05) is 15.7 Å². The van der Waals surface area contributed by atoms with E-state index in [1.54, 1.807) is 17.0 Å². The van der Waals surface area contributed by atoms with E-state index in [2.05, 4.69) is 22.6 Å². The number of nitrogens with zero attached hydrogens (tertiary/aromatic N) is 1. The fraction of sp³-hybridized carbons (Fsp3) is 0.273. The molecule has 1 rings (SSSR count). The van der Waals surface area contributed by atoms with Crippen LogP contribution in [0.4, 0.5) is 0 Å². The Balaban J connectivity index is 2.93. The lowest BCUT2D eigenvalue weighted by molar-refractivity contribution is 0.0788. The predicted molar refractivity (Wildman–Crippen MR) is 82.5 cm³/mol. The Labute approximate surface area is 124 Å². The number of likely N-dealkylation sites (N-methyl/N-ethyl adjacent to an activating group) is 1. The lowest BCUT2D eigenvalue weighted by Crippen LogP contribution is -2.37. The highest BCUT2D eigenvalue weighted by atomic mass is 127. The molecule has 0 aliphatic rings. The normalized spacial score (nSPS) is 10.1. The Bertz CT molecular complexity index is 453. The Hall–Kier alpha value is -0.400. The van der Waals surface area contributed by atoms with Crippen LogP contribution in [0.25, 0.3) is 0 Å². The molecule has 1 aromatic carbocycles. The number of hydrogen-bond donors (Lipinski definition) is 1. The molecule has 0 saturated heterocycles. The van der Waals surface area contributed by atoms with Crippen molar-refractivity contribution in [1.29, 1.82) is 0 Å². The zero-order valence-electron chi connectivity index (χ0n) is 9.24. The molecule has 0 heterocycles. The molecular formula is C11H12ClIN2OS. The van der Waals surface area contributed by atoms with Gasteiger partial charge in [0.2, 0.25) is 0 Å². The maximum absolute atomic E-state index is 12.1. The highest BCUT2D eigenvalue weighted by Crippen LogP contribution is 2.20. The van der Waals surface area contributed by atoms with E-state index in [0.29, 0.717) is 22.1 Å². The van der Waals surface area contributed by atoms with Crippen LogP contribution in [0, 0.1) is 3.57 Å². The van der Waals surface area contributed by atoms with Crippen molar-refractivity contribution in [2.24, 2.45) is 5.73 Å². The molecule has 6 heteroatoms. The first kappa shape index (κ1) is 14.7. The second-order valence-electron chi connectivity index (χ2n) is 3.41. The molecule has 0 saturated carbocycles. The van der Waals surface area contributed by atoms with Gasteiger partial charge >= 0.3 is 0 Å². The third-order valence-corrected chi connectivity index (χ3v) is 3.88. The molecule has 0 fully saturated rings. The lowest BCUT2D eigenvalue weighted by atomic mass is 10.2. The molecule has 92 valence electrons. The third-order valence-electron chi connectivity index (χ3n) is 2.18. The average Bonchev–Trinajstić information content (AvgIpc) is 2.28. The van der Waals surface area contributed by atoms with Gasteiger partial charge in [-0.15, -0.1) is 0 Å². The van der Waals surface area contributed by atoms with E-state index in [4.69, 9.17) is 29.6 Å². The molecule has 17 heavy (non-hydrogen) atoms. The zero-order valence-corrected chi connectivity index (χ0v) is 13.0. The summed E-state index contributed by atoms with van der Waals surface area (Å²) in [4.78, 5) is 14.0. The van der Waals surface area contributed by atoms with Crippen molar-refractivity contribution in [2.45, 2.75) is 6.92 Å². The van der Waals surface area contributed by atoms with Crippen LogP contribution in [0.1, 0.15) is 17.3 Å².